The van der Waals surface area contributed by atoms with Crippen LogP contribution in [0, 0.1) is 5.82 Å². The van der Waals surface area contributed by atoms with Gasteiger partial charge >= 0.3 is 0 Å². The van der Waals surface area contributed by atoms with Gasteiger partial charge in [-0.15, -0.1) is 0 Å². The van der Waals surface area contributed by atoms with Gasteiger partial charge in [-0.25, -0.2) is 4.39 Å². The van der Waals surface area contributed by atoms with E-state index in [0.29, 0.717) is 21.5 Å². The number of hydrogen-bond acceptors (Lipinski definition) is 2. The molecule has 6 heteroatoms. The predicted molar refractivity (Wildman–Crippen MR) is 90.5 cm³/mol. The van der Waals surface area contributed by atoms with E-state index in [1.54, 1.807) is 18.2 Å². The fourth-order valence-electron chi connectivity index (χ4n) is 2.36. The molecule has 0 radical (unpaired) electrons. The summed E-state index contributed by atoms with van der Waals surface area (Å²) in [6, 6.07) is 9.59. The zero-order valence-electron chi connectivity index (χ0n) is 11.8. The molecule has 0 aliphatic heterocycles. The van der Waals surface area contributed by atoms with Crippen LogP contribution in [0.5, 0.6) is 0 Å². The Morgan fingerprint density at radius 3 is 2.78 bits per heavy atom. The molecule has 0 bridgehead atoms. The third-order valence-electron chi connectivity index (χ3n) is 3.30. The molecule has 1 aromatic heterocycles. The van der Waals surface area contributed by atoms with Crippen LogP contribution in [0.4, 0.5) is 10.1 Å². The number of aromatic nitrogens is 1. The first-order valence-electron chi connectivity index (χ1n) is 6.80. The van der Waals surface area contributed by atoms with E-state index < -0.39 is 5.82 Å². The smallest absolute Gasteiger partial charge is 0.228 e. The minimum absolute atomic E-state index is 0.162. The molecule has 0 atom stereocenters. The van der Waals surface area contributed by atoms with Gasteiger partial charge in [0, 0.05) is 22.0 Å². The van der Waals surface area contributed by atoms with Crippen LogP contribution in [-0.4, -0.2) is 10.9 Å². The summed E-state index contributed by atoms with van der Waals surface area (Å²) in [6.45, 7) is 0. The highest BCUT2D eigenvalue weighted by atomic mass is 35.5. The number of nitrogens with zero attached hydrogens (tertiary/aromatic N) is 1. The average Bonchev–Trinajstić information content (AvgIpc) is 2.46. The van der Waals surface area contributed by atoms with E-state index in [1.165, 1.54) is 24.5 Å². The van der Waals surface area contributed by atoms with E-state index in [2.05, 4.69) is 10.3 Å². The number of hydrogen-bond donors (Lipinski definition) is 1. The lowest BCUT2D eigenvalue weighted by Gasteiger charge is -2.10. The van der Waals surface area contributed by atoms with E-state index in [-0.39, 0.29) is 17.4 Å². The Morgan fingerprint density at radius 1 is 1.17 bits per heavy atom. The standard InChI is InChI=1S/C17H11Cl2FN2O/c18-12-3-1-2-10(4-12)5-16(23)22-15-9-21-8-11-6-13(20)7-14(19)17(11)15/h1-4,6-9H,5H2,(H,22,23). The van der Waals surface area contributed by atoms with Gasteiger partial charge in [0.15, 0.2) is 0 Å². The molecule has 3 aromatic rings. The summed E-state index contributed by atoms with van der Waals surface area (Å²) in [7, 11) is 0. The van der Waals surface area contributed by atoms with Gasteiger partial charge in [0.2, 0.25) is 5.91 Å². The molecule has 2 aromatic carbocycles. The third-order valence-corrected chi connectivity index (χ3v) is 3.83. The monoisotopic (exact) mass is 348 g/mol. The van der Waals surface area contributed by atoms with Crippen molar-refractivity contribution in [1.82, 2.24) is 4.98 Å². The maximum Gasteiger partial charge on any atom is 0.228 e. The zero-order chi connectivity index (χ0) is 16.4. The normalized spacial score (nSPS) is 10.7. The van der Waals surface area contributed by atoms with Crippen LogP contribution in [0.1, 0.15) is 5.56 Å². The molecule has 1 amide bonds. The molecular formula is C17H11Cl2FN2O. The highest BCUT2D eigenvalue weighted by molar-refractivity contribution is 6.36. The van der Waals surface area contributed by atoms with E-state index >= 15 is 0 Å². The number of carbonyl (C=O) groups excluding carboxylic acids is 1. The molecule has 1 N–H and O–H groups in total. The number of rotatable bonds is 3. The van der Waals surface area contributed by atoms with Crippen LogP contribution in [0.3, 0.4) is 0 Å². The summed E-state index contributed by atoms with van der Waals surface area (Å²) in [5.41, 5.74) is 1.24. The molecular weight excluding hydrogens is 338 g/mol. The number of amides is 1. The summed E-state index contributed by atoms with van der Waals surface area (Å²) < 4.78 is 13.4. The van der Waals surface area contributed by atoms with E-state index in [4.69, 9.17) is 23.2 Å². The summed E-state index contributed by atoms with van der Waals surface area (Å²) in [5, 5.41) is 4.64. The molecule has 3 nitrogen and oxygen atoms in total. The van der Waals surface area contributed by atoms with Crippen LogP contribution in [-0.2, 0) is 11.2 Å². The fraction of sp³-hybridized carbons (Fsp3) is 0.0588. The molecule has 23 heavy (non-hydrogen) atoms. The van der Waals surface area contributed by atoms with E-state index in [0.717, 1.165) is 5.56 Å². The Bertz CT molecular complexity index is 899. The minimum Gasteiger partial charge on any atom is -0.324 e. The summed E-state index contributed by atoms with van der Waals surface area (Å²) in [6.07, 6.45) is 3.15. The summed E-state index contributed by atoms with van der Waals surface area (Å²) >= 11 is 12.0. The van der Waals surface area contributed by atoms with Gasteiger partial charge in [-0.3, -0.25) is 9.78 Å². The first-order valence-corrected chi connectivity index (χ1v) is 7.55. The lowest BCUT2D eigenvalue weighted by Crippen LogP contribution is -2.14. The highest BCUT2D eigenvalue weighted by Gasteiger charge is 2.11. The van der Waals surface area contributed by atoms with Gasteiger partial charge in [-0.2, -0.15) is 0 Å². The van der Waals surface area contributed by atoms with Crippen molar-refractivity contribution in [3.05, 3.63) is 70.2 Å². The highest BCUT2D eigenvalue weighted by Crippen LogP contribution is 2.30. The van der Waals surface area contributed by atoms with Crippen molar-refractivity contribution in [3.63, 3.8) is 0 Å². The second-order valence-corrected chi connectivity index (χ2v) is 5.87. The first kappa shape index (κ1) is 15.7. The van der Waals surface area contributed by atoms with Gasteiger partial charge < -0.3 is 5.32 Å². The van der Waals surface area contributed by atoms with E-state index in [9.17, 15) is 9.18 Å². The third kappa shape index (κ3) is 3.60. The minimum atomic E-state index is -0.452. The molecule has 1 heterocycles. The van der Waals surface area contributed by atoms with Crippen LogP contribution in [0.2, 0.25) is 10.0 Å². The second kappa shape index (κ2) is 6.52. The van der Waals surface area contributed by atoms with Crippen LogP contribution in [0.25, 0.3) is 10.8 Å². The number of halogens is 3. The van der Waals surface area contributed by atoms with Crippen molar-refractivity contribution in [2.24, 2.45) is 0 Å². The Labute approximate surface area is 142 Å². The molecule has 116 valence electrons. The lowest BCUT2D eigenvalue weighted by molar-refractivity contribution is -0.115. The predicted octanol–water partition coefficient (Wildman–Crippen LogP) is 4.86. The lowest BCUT2D eigenvalue weighted by atomic mass is 10.1. The Morgan fingerprint density at radius 2 is 2.00 bits per heavy atom. The van der Waals surface area contributed by atoms with Gasteiger partial charge in [-0.1, -0.05) is 35.3 Å². The summed E-state index contributed by atoms with van der Waals surface area (Å²) in [4.78, 5) is 16.2. The fourth-order valence-corrected chi connectivity index (χ4v) is 2.89. The molecule has 0 spiro atoms. The van der Waals surface area contributed by atoms with Crippen LogP contribution >= 0.6 is 23.2 Å². The van der Waals surface area contributed by atoms with Crippen molar-refractivity contribution in [2.45, 2.75) is 6.42 Å². The van der Waals surface area contributed by atoms with Crippen molar-refractivity contribution in [3.8, 4) is 0 Å². The SMILES string of the molecule is O=C(Cc1cccc(Cl)c1)Nc1cncc2cc(F)cc(Cl)c12. The number of nitrogens with one attached hydrogen (secondary N) is 1. The Kier molecular flexibility index (Phi) is 4.46. The maximum atomic E-state index is 13.4. The maximum absolute atomic E-state index is 13.4. The Balaban J connectivity index is 1.88. The van der Waals surface area contributed by atoms with Crippen LogP contribution in [0.15, 0.2) is 48.8 Å². The van der Waals surface area contributed by atoms with Crippen molar-refractivity contribution < 1.29 is 9.18 Å². The number of pyridine rings is 1. The quantitative estimate of drug-likeness (QED) is 0.734. The van der Waals surface area contributed by atoms with Crippen LogP contribution < -0.4 is 5.32 Å². The average molecular weight is 349 g/mol. The zero-order valence-corrected chi connectivity index (χ0v) is 13.3. The molecule has 0 saturated heterocycles. The van der Waals surface area contributed by atoms with Gasteiger partial charge in [0.25, 0.3) is 0 Å². The largest absolute Gasteiger partial charge is 0.324 e. The Hall–Kier alpha value is -2.17. The van der Waals surface area contributed by atoms with E-state index in [1.807, 2.05) is 6.07 Å². The van der Waals surface area contributed by atoms with Gasteiger partial charge in [0.05, 0.1) is 23.3 Å². The number of fused-ring (bicyclic) bond motifs is 1. The van der Waals surface area contributed by atoms with Crippen molar-refractivity contribution in [1.29, 1.82) is 0 Å². The molecule has 3 rings (SSSR count). The van der Waals surface area contributed by atoms with Gasteiger partial charge in [-0.05, 0) is 29.8 Å². The van der Waals surface area contributed by atoms with Gasteiger partial charge in [0.1, 0.15) is 5.82 Å². The molecule has 0 aliphatic rings. The second-order valence-electron chi connectivity index (χ2n) is 5.03. The van der Waals surface area contributed by atoms with Crippen molar-refractivity contribution in [2.75, 3.05) is 5.32 Å². The molecule has 0 fully saturated rings. The number of benzene rings is 2. The topological polar surface area (TPSA) is 42.0 Å². The van der Waals surface area contributed by atoms with Crippen molar-refractivity contribution >= 4 is 45.6 Å². The number of carbonyl (C=O) groups is 1. The number of anilines is 1. The molecule has 0 unspecified atom stereocenters. The first-order chi connectivity index (χ1) is 11.0. The summed E-state index contributed by atoms with van der Waals surface area (Å²) in [5.74, 6) is -0.686. The molecule has 0 saturated carbocycles. The molecule has 0 aliphatic carbocycles.